The van der Waals surface area contributed by atoms with Crippen LogP contribution in [-0.4, -0.2) is 9.89 Å². The maximum Gasteiger partial charge on any atom is 0.289 e. The second-order valence-electron chi connectivity index (χ2n) is 2.86. The molecule has 1 aromatic heterocycles. The van der Waals surface area contributed by atoms with Gasteiger partial charge in [-0.1, -0.05) is 12.1 Å². The van der Waals surface area contributed by atoms with Crippen LogP contribution in [0.3, 0.4) is 0 Å². The number of rotatable bonds is 2. The lowest BCUT2D eigenvalue weighted by molar-refractivity contribution is 0.669. The average Bonchev–Trinajstić information content (AvgIpc) is 2.63. The Morgan fingerprint density at radius 3 is 2.73 bits per heavy atom. The van der Waals surface area contributed by atoms with Gasteiger partial charge < -0.3 is 5.73 Å². The van der Waals surface area contributed by atoms with Gasteiger partial charge in [-0.3, -0.25) is 9.89 Å². The standard InChI is InChI=1S/C9H9N5O/c10-7-3-1-2-4-8(7)12-13-14-9(15)5-6-11-14/h1-6,11H,10H2. The van der Waals surface area contributed by atoms with Gasteiger partial charge in [0.05, 0.1) is 5.69 Å². The normalized spacial score (nSPS) is 10.9. The summed E-state index contributed by atoms with van der Waals surface area (Å²) in [4.78, 5) is 12.1. The van der Waals surface area contributed by atoms with Gasteiger partial charge in [-0.15, -0.1) is 9.91 Å². The van der Waals surface area contributed by atoms with Crippen molar-refractivity contribution in [2.45, 2.75) is 0 Å². The summed E-state index contributed by atoms with van der Waals surface area (Å²) in [5, 5.41) is 10.1. The van der Waals surface area contributed by atoms with Gasteiger partial charge in [0.1, 0.15) is 5.69 Å². The molecule has 1 aromatic carbocycles. The first-order valence-corrected chi connectivity index (χ1v) is 4.30. The van der Waals surface area contributed by atoms with E-state index in [0.717, 1.165) is 4.79 Å². The third-order valence-electron chi connectivity index (χ3n) is 1.81. The van der Waals surface area contributed by atoms with E-state index in [2.05, 4.69) is 15.4 Å². The zero-order chi connectivity index (χ0) is 10.7. The molecule has 0 unspecified atom stereocenters. The van der Waals surface area contributed by atoms with E-state index in [1.807, 2.05) is 0 Å². The van der Waals surface area contributed by atoms with E-state index in [-0.39, 0.29) is 5.56 Å². The number of hydrogen-bond acceptors (Lipinski definition) is 4. The molecule has 0 bridgehead atoms. The maximum atomic E-state index is 11.1. The SMILES string of the molecule is Nc1ccccc1N=Nn1[nH]ccc1=O. The lowest BCUT2D eigenvalue weighted by atomic mass is 10.3. The van der Waals surface area contributed by atoms with E-state index in [1.54, 1.807) is 24.3 Å². The summed E-state index contributed by atoms with van der Waals surface area (Å²) >= 11 is 0. The number of nitrogen functional groups attached to an aromatic ring is 1. The van der Waals surface area contributed by atoms with Gasteiger partial charge >= 0.3 is 0 Å². The van der Waals surface area contributed by atoms with Crippen LogP contribution in [0.4, 0.5) is 11.4 Å². The molecule has 3 N–H and O–H groups in total. The molecular formula is C9H9N5O. The molecule has 0 radical (unpaired) electrons. The van der Waals surface area contributed by atoms with Crippen LogP contribution in [0, 0.1) is 0 Å². The third-order valence-corrected chi connectivity index (χ3v) is 1.81. The van der Waals surface area contributed by atoms with Gasteiger partial charge in [0.25, 0.3) is 5.56 Å². The fourth-order valence-electron chi connectivity index (χ4n) is 1.05. The van der Waals surface area contributed by atoms with Crippen molar-refractivity contribution in [2.24, 2.45) is 10.3 Å². The lowest BCUT2D eigenvalue weighted by Crippen LogP contribution is -2.09. The van der Waals surface area contributed by atoms with Crippen LogP contribution < -0.4 is 11.3 Å². The van der Waals surface area contributed by atoms with Gasteiger partial charge in [0.15, 0.2) is 0 Å². The second kappa shape index (κ2) is 3.79. The summed E-state index contributed by atoms with van der Waals surface area (Å²) in [6.07, 6.45) is 1.48. The number of nitrogens with zero attached hydrogens (tertiary/aromatic N) is 3. The Morgan fingerprint density at radius 1 is 1.27 bits per heavy atom. The van der Waals surface area contributed by atoms with Crippen LogP contribution in [0.2, 0.25) is 0 Å². The molecule has 0 aliphatic heterocycles. The number of H-pyrrole nitrogens is 1. The molecule has 15 heavy (non-hydrogen) atoms. The number of aromatic nitrogens is 2. The van der Waals surface area contributed by atoms with Crippen LogP contribution in [0.5, 0.6) is 0 Å². The Morgan fingerprint density at radius 2 is 2.07 bits per heavy atom. The second-order valence-corrected chi connectivity index (χ2v) is 2.86. The summed E-state index contributed by atoms with van der Waals surface area (Å²) in [6, 6.07) is 8.38. The summed E-state index contributed by atoms with van der Waals surface area (Å²) in [5.41, 5.74) is 6.42. The van der Waals surface area contributed by atoms with Crippen molar-refractivity contribution in [3.63, 3.8) is 0 Å². The summed E-state index contributed by atoms with van der Waals surface area (Å²) in [6.45, 7) is 0. The van der Waals surface area contributed by atoms with Crippen LogP contribution in [0.1, 0.15) is 0 Å². The molecule has 6 nitrogen and oxygen atoms in total. The first-order chi connectivity index (χ1) is 7.27. The van der Waals surface area contributed by atoms with Gasteiger partial charge in [-0.2, -0.15) is 0 Å². The molecular weight excluding hydrogens is 194 g/mol. The number of aromatic amines is 1. The molecule has 0 amide bonds. The van der Waals surface area contributed by atoms with Crippen LogP contribution >= 0.6 is 0 Å². The van der Waals surface area contributed by atoms with Crippen molar-refractivity contribution < 1.29 is 0 Å². The number of benzene rings is 1. The minimum Gasteiger partial charge on any atom is -0.397 e. The predicted molar refractivity (Wildman–Crippen MR) is 55.8 cm³/mol. The molecule has 2 rings (SSSR count). The minimum absolute atomic E-state index is 0.270. The van der Waals surface area contributed by atoms with Crippen molar-refractivity contribution in [1.29, 1.82) is 0 Å². The predicted octanol–water partition coefficient (Wildman–Crippen LogP) is 1.31. The highest BCUT2D eigenvalue weighted by Crippen LogP contribution is 2.20. The molecule has 0 aliphatic rings. The first-order valence-electron chi connectivity index (χ1n) is 4.30. The number of nitrogens with two attached hydrogens (primary N) is 1. The van der Waals surface area contributed by atoms with Crippen molar-refractivity contribution in [2.75, 3.05) is 5.73 Å². The van der Waals surface area contributed by atoms with Gasteiger partial charge in [0, 0.05) is 12.3 Å². The number of para-hydroxylation sites is 1. The summed E-state index contributed by atoms with van der Waals surface area (Å²) < 4.78 is 0. The molecule has 76 valence electrons. The number of nitrogens with one attached hydrogen (secondary N) is 1. The largest absolute Gasteiger partial charge is 0.397 e. The summed E-state index contributed by atoms with van der Waals surface area (Å²) in [7, 11) is 0. The highest BCUT2D eigenvalue weighted by Gasteiger charge is 1.95. The molecule has 0 atom stereocenters. The van der Waals surface area contributed by atoms with E-state index in [1.165, 1.54) is 12.3 Å². The molecule has 0 saturated carbocycles. The monoisotopic (exact) mass is 203 g/mol. The Bertz CT molecular complexity index is 539. The molecule has 1 heterocycles. The van der Waals surface area contributed by atoms with E-state index in [0.29, 0.717) is 11.4 Å². The van der Waals surface area contributed by atoms with Gasteiger partial charge in [-0.25, -0.2) is 0 Å². The fraction of sp³-hybridized carbons (Fsp3) is 0. The molecule has 0 saturated heterocycles. The lowest BCUT2D eigenvalue weighted by Gasteiger charge is -1.96. The Kier molecular flexibility index (Phi) is 2.32. The van der Waals surface area contributed by atoms with Gasteiger partial charge in [0.2, 0.25) is 0 Å². The maximum absolute atomic E-state index is 11.1. The van der Waals surface area contributed by atoms with E-state index in [9.17, 15) is 4.79 Å². The fourth-order valence-corrected chi connectivity index (χ4v) is 1.05. The van der Waals surface area contributed by atoms with Crippen molar-refractivity contribution >= 4 is 11.4 Å². The van der Waals surface area contributed by atoms with E-state index >= 15 is 0 Å². The topological polar surface area (TPSA) is 88.5 Å². The zero-order valence-corrected chi connectivity index (χ0v) is 7.79. The smallest absolute Gasteiger partial charge is 0.289 e. The quantitative estimate of drug-likeness (QED) is 0.569. The number of hydrogen-bond donors (Lipinski definition) is 2. The Labute approximate surface area is 85.0 Å². The van der Waals surface area contributed by atoms with Crippen molar-refractivity contribution in [1.82, 2.24) is 9.89 Å². The highest BCUT2D eigenvalue weighted by molar-refractivity contribution is 5.61. The van der Waals surface area contributed by atoms with E-state index < -0.39 is 0 Å². The molecule has 6 heteroatoms. The molecule has 2 aromatic rings. The molecule has 0 fully saturated rings. The highest BCUT2D eigenvalue weighted by atomic mass is 16.1. The van der Waals surface area contributed by atoms with Crippen LogP contribution in [-0.2, 0) is 0 Å². The Hall–Kier alpha value is -2.37. The van der Waals surface area contributed by atoms with Gasteiger partial charge in [-0.05, 0) is 17.4 Å². The first kappa shape index (κ1) is 9.20. The van der Waals surface area contributed by atoms with Crippen molar-refractivity contribution in [3.05, 3.63) is 46.9 Å². The number of anilines is 1. The summed E-state index contributed by atoms with van der Waals surface area (Å²) in [5.74, 6) is 0. The third kappa shape index (κ3) is 1.93. The molecule has 0 spiro atoms. The van der Waals surface area contributed by atoms with Crippen LogP contribution in [0.15, 0.2) is 51.7 Å². The zero-order valence-electron chi connectivity index (χ0n) is 7.79. The van der Waals surface area contributed by atoms with Crippen LogP contribution in [0.25, 0.3) is 0 Å². The van der Waals surface area contributed by atoms with Crippen molar-refractivity contribution in [3.8, 4) is 0 Å². The Balaban J connectivity index is 2.30. The minimum atomic E-state index is -0.270. The average molecular weight is 203 g/mol. The molecule has 0 aliphatic carbocycles. The van der Waals surface area contributed by atoms with E-state index in [4.69, 9.17) is 5.73 Å².